The summed E-state index contributed by atoms with van der Waals surface area (Å²) in [5, 5.41) is 2.97. The van der Waals surface area contributed by atoms with Gasteiger partial charge < -0.3 is 19.9 Å². The molecule has 0 atom stereocenters. The molecule has 0 bridgehead atoms. The molecular formula is C23H32N4O3. The third-order valence-corrected chi connectivity index (χ3v) is 5.60. The summed E-state index contributed by atoms with van der Waals surface area (Å²) < 4.78 is 5.09. The molecule has 7 heteroatoms. The minimum atomic E-state index is -0.394. The summed E-state index contributed by atoms with van der Waals surface area (Å²) in [5.74, 6) is -0.584. The summed E-state index contributed by atoms with van der Waals surface area (Å²) in [6.07, 6.45) is 0. The molecule has 0 unspecified atom stereocenters. The van der Waals surface area contributed by atoms with Gasteiger partial charge in [-0.05, 0) is 51.0 Å². The Morgan fingerprint density at radius 2 is 1.87 bits per heavy atom. The second kappa shape index (κ2) is 9.80. The first kappa shape index (κ1) is 21.9. The van der Waals surface area contributed by atoms with Crippen molar-refractivity contribution in [1.82, 2.24) is 15.2 Å². The van der Waals surface area contributed by atoms with E-state index in [0.29, 0.717) is 35.7 Å². The zero-order valence-electron chi connectivity index (χ0n) is 18.4. The molecule has 1 aromatic heterocycles. The lowest BCUT2D eigenvalue weighted by atomic mass is 10.1. The first-order valence-corrected chi connectivity index (χ1v) is 10.6. The third kappa shape index (κ3) is 5.02. The number of rotatable bonds is 7. The third-order valence-electron chi connectivity index (χ3n) is 5.60. The molecule has 1 aliphatic rings. The summed E-state index contributed by atoms with van der Waals surface area (Å²) in [6.45, 7) is 13.0. The lowest BCUT2D eigenvalue weighted by molar-refractivity contribution is 0.0525. The predicted molar refractivity (Wildman–Crippen MR) is 118 cm³/mol. The van der Waals surface area contributed by atoms with Gasteiger partial charge in [0, 0.05) is 50.6 Å². The maximum Gasteiger partial charge on any atom is 0.340 e. The van der Waals surface area contributed by atoms with Crippen LogP contribution in [0.2, 0.25) is 0 Å². The molecule has 2 heterocycles. The van der Waals surface area contributed by atoms with Crippen LogP contribution < -0.4 is 10.2 Å². The number of aromatic nitrogens is 1. The molecule has 162 valence electrons. The number of piperazine rings is 1. The minimum absolute atomic E-state index is 0.190. The average Bonchev–Trinajstić information content (AvgIpc) is 3.03. The Balaban J connectivity index is 1.48. The molecule has 7 nitrogen and oxygen atoms in total. The van der Waals surface area contributed by atoms with Gasteiger partial charge in [-0.3, -0.25) is 9.69 Å². The molecule has 1 fully saturated rings. The number of hydrogen-bond donors (Lipinski definition) is 2. The van der Waals surface area contributed by atoms with Crippen LogP contribution in [0.25, 0.3) is 0 Å². The molecule has 1 saturated heterocycles. The topological polar surface area (TPSA) is 77.7 Å². The molecule has 0 aliphatic carbocycles. The highest BCUT2D eigenvalue weighted by atomic mass is 16.5. The van der Waals surface area contributed by atoms with Crippen LogP contribution in [0.1, 0.15) is 44.6 Å². The first-order chi connectivity index (χ1) is 14.4. The van der Waals surface area contributed by atoms with Gasteiger partial charge in [-0.25, -0.2) is 4.79 Å². The van der Waals surface area contributed by atoms with Crippen molar-refractivity contribution in [2.75, 3.05) is 50.8 Å². The number of carbonyl (C=O) groups excluding carboxylic acids is 2. The Morgan fingerprint density at radius 3 is 2.53 bits per heavy atom. The van der Waals surface area contributed by atoms with Crippen LogP contribution in [-0.2, 0) is 4.74 Å². The molecular weight excluding hydrogens is 380 g/mol. The number of carbonyl (C=O) groups is 2. The van der Waals surface area contributed by atoms with E-state index in [0.717, 1.165) is 32.7 Å². The lowest BCUT2D eigenvalue weighted by Gasteiger charge is -2.36. The molecule has 30 heavy (non-hydrogen) atoms. The Hall–Kier alpha value is -2.80. The monoisotopic (exact) mass is 412 g/mol. The second-order valence-electron chi connectivity index (χ2n) is 7.77. The number of H-pyrrole nitrogens is 1. The van der Waals surface area contributed by atoms with E-state index in [4.69, 9.17) is 4.74 Å². The van der Waals surface area contributed by atoms with Gasteiger partial charge in [-0.15, -0.1) is 0 Å². The molecule has 2 N–H and O–H groups in total. The summed E-state index contributed by atoms with van der Waals surface area (Å²) in [4.78, 5) is 32.5. The van der Waals surface area contributed by atoms with E-state index in [2.05, 4.69) is 51.3 Å². The predicted octanol–water partition coefficient (Wildman–Crippen LogP) is 2.67. The second-order valence-corrected chi connectivity index (χ2v) is 7.77. The van der Waals surface area contributed by atoms with Gasteiger partial charge in [0.1, 0.15) is 5.69 Å². The highest BCUT2D eigenvalue weighted by Gasteiger charge is 2.23. The molecule has 1 aromatic carbocycles. The van der Waals surface area contributed by atoms with Crippen molar-refractivity contribution in [2.45, 2.75) is 27.7 Å². The fourth-order valence-corrected chi connectivity index (χ4v) is 3.96. The van der Waals surface area contributed by atoms with Crippen LogP contribution in [0.5, 0.6) is 0 Å². The highest BCUT2D eigenvalue weighted by molar-refractivity contribution is 6.00. The number of ether oxygens (including phenoxy) is 1. The summed E-state index contributed by atoms with van der Waals surface area (Å²) >= 11 is 0. The molecule has 3 rings (SSSR count). The van der Waals surface area contributed by atoms with Crippen LogP contribution in [0.15, 0.2) is 24.3 Å². The van der Waals surface area contributed by atoms with E-state index < -0.39 is 5.97 Å². The van der Waals surface area contributed by atoms with Gasteiger partial charge in [0.15, 0.2) is 0 Å². The largest absolute Gasteiger partial charge is 0.462 e. The van der Waals surface area contributed by atoms with Crippen molar-refractivity contribution >= 4 is 17.6 Å². The van der Waals surface area contributed by atoms with E-state index >= 15 is 0 Å². The van der Waals surface area contributed by atoms with E-state index in [-0.39, 0.29) is 5.91 Å². The van der Waals surface area contributed by atoms with Crippen LogP contribution >= 0.6 is 0 Å². The SMILES string of the molecule is CCOC(=O)c1c(C)[nH]c(C(=O)NCCN2CCN(c3cccc(C)c3)CC2)c1C. The standard InChI is InChI=1S/C23H32N4O3/c1-5-30-23(29)20-17(3)21(25-18(20)4)22(28)24-9-10-26-11-13-27(14-12-26)19-8-6-7-16(2)15-19/h6-8,15,25H,5,9-14H2,1-4H3,(H,24,28). The molecule has 0 saturated carbocycles. The van der Waals surface area contributed by atoms with Crippen LogP contribution in [-0.4, -0.2) is 67.6 Å². The van der Waals surface area contributed by atoms with Gasteiger partial charge in [-0.2, -0.15) is 0 Å². The van der Waals surface area contributed by atoms with E-state index in [1.807, 2.05) is 0 Å². The lowest BCUT2D eigenvalue weighted by Crippen LogP contribution is -2.48. The van der Waals surface area contributed by atoms with Crippen molar-refractivity contribution in [1.29, 1.82) is 0 Å². The highest BCUT2D eigenvalue weighted by Crippen LogP contribution is 2.19. The van der Waals surface area contributed by atoms with Crippen molar-refractivity contribution in [3.63, 3.8) is 0 Å². The van der Waals surface area contributed by atoms with Gasteiger partial charge in [0.2, 0.25) is 0 Å². The van der Waals surface area contributed by atoms with Crippen molar-refractivity contribution < 1.29 is 14.3 Å². The maximum atomic E-state index is 12.6. The zero-order valence-corrected chi connectivity index (χ0v) is 18.4. The van der Waals surface area contributed by atoms with Gasteiger partial charge >= 0.3 is 5.97 Å². The quantitative estimate of drug-likeness (QED) is 0.684. The normalized spacial score (nSPS) is 14.6. The smallest absolute Gasteiger partial charge is 0.340 e. The number of anilines is 1. The molecule has 0 spiro atoms. The number of aromatic amines is 1. The summed E-state index contributed by atoms with van der Waals surface area (Å²) in [7, 11) is 0. The minimum Gasteiger partial charge on any atom is -0.462 e. The number of hydrogen-bond acceptors (Lipinski definition) is 5. The maximum absolute atomic E-state index is 12.6. The van der Waals surface area contributed by atoms with Crippen molar-refractivity contribution in [3.05, 3.63) is 52.3 Å². The fourth-order valence-electron chi connectivity index (χ4n) is 3.96. The Bertz CT molecular complexity index is 898. The van der Waals surface area contributed by atoms with E-state index in [1.54, 1.807) is 20.8 Å². The van der Waals surface area contributed by atoms with Crippen LogP contribution in [0.3, 0.4) is 0 Å². The average molecular weight is 413 g/mol. The summed E-state index contributed by atoms with van der Waals surface area (Å²) in [5.41, 5.74) is 4.73. The van der Waals surface area contributed by atoms with Gasteiger partial charge in [-0.1, -0.05) is 12.1 Å². The number of aryl methyl sites for hydroxylation is 2. The number of esters is 1. The number of nitrogens with zero attached hydrogens (tertiary/aromatic N) is 2. The number of nitrogens with one attached hydrogen (secondary N) is 2. The van der Waals surface area contributed by atoms with Gasteiger partial charge in [0.25, 0.3) is 5.91 Å². The Morgan fingerprint density at radius 1 is 1.13 bits per heavy atom. The van der Waals surface area contributed by atoms with E-state index in [9.17, 15) is 9.59 Å². The van der Waals surface area contributed by atoms with Crippen LogP contribution in [0, 0.1) is 20.8 Å². The molecule has 2 aromatic rings. The molecule has 1 amide bonds. The Kier molecular flexibility index (Phi) is 7.15. The zero-order chi connectivity index (χ0) is 21.7. The first-order valence-electron chi connectivity index (χ1n) is 10.6. The van der Waals surface area contributed by atoms with Gasteiger partial charge in [0.05, 0.1) is 12.2 Å². The molecule has 1 aliphatic heterocycles. The number of benzene rings is 1. The van der Waals surface area contributed by atoms with Crippen molar-refractivity contribution in [2.24, 2.45) is 0 Å². The number of amides is 1. The van der Waals surface area contributed by atoms with Crippen molar-refractivity contribution in [3.8, 4) is 0 Å². The fraction of sp³-hybridized carbons (Fsp3) is 0.478. The van der Waals surface area contributed by atoms with Crippen LogP contribution in [0.4, 0.5) is 5.69 Å². The van der Waals surface area contributed by atoms with E-state index in [1.165, 1.54) is 11.3 Å². The summed E-state index contributed by atoms with van der Waals surface area (Å²) in [6, 6.07) is 8.60. The Labute approximate surface area is 178 Å². The molecule has 0 radical (unpaired) electrons.